The molecule has 2 saturated heterocycles. The van der Waals surface area contributed by atoms with Gasteiger partial charge in [0, 0.05) is 55.6 Å². The number of hydrogen-bond donors (Lipinski definition) is 4. The summed E-state index contributed by atoms with van der Waals surface area (Å²) in [6.07, 6.45) is 10.3. The number of amides is 2. The Morgan fingerprint density at radius 3 is 1.95 bits per heavy atom. The molecule has 0 radical (unpaired) electrons. The number of nitrogens with zero attached hydrogens (tertiary/aromatic N) is 5. The van der Waals surface area contributed by atoms with Gasteiger partial charge in [0.25, 0.3) is 5.91 Å². The first-order valence-corrected chi connectivity index (χ1v) is 15.6. The van der Waals surface area contributed by atoms with Gasteiger partial charge in [0.15, 0.2) is 0 Å². The number of unbranched alkanes of at least 4 members (excludes halogenated alkanes) is 2. The molecule has 43 heavy (non-hydrogen) atoms. The Balaban J connectivity index is 1.23. The van der Waals surface area contributed by atoms with Crippen LogP contribution in [0.4, 0.5) is 34.9 Å². The zero-order valence-corrected chi connectivity index (χ0v) is 24.9. The summed E-state index contributed by atoms with van der Waals surface area (Å²) < 4.78 is 0. The van der Waals surface area contributed by atoms with E-state index in [4.69, 9.17) is 15.0 Å². The van der Waals surface area contributed by atoms with E-state index >= 15 is 0 Å². The number of nitrogens with one attached hydrogen (secondary N) is 3. The number of carbonyl (C=O) groups is 2. The van der Waals surface area contributed by atoms with Gasteiger partial charge in [-0.2, -0.15) is 15.0 Å². The number of rotatable bonds is 11. The Bertz CT molecular complexity index is 1350. The van der Waals surface area contributed by atoms with Gasteiger partial charge in [-0.25, -0.2) is 0 Å². The quantitative estimate of drug-likeness (QED) is 0.156. The molecule has 0 atom stereocenters. The molecule has 11 nitrogen and oxygen atoms in total. The normalized spacial score (nSPS) is 15.2. The Kier molecular flexibility index (Phi) is 10.2. The zero-order chi connectivity index (χ0) is 30.0. The molecule has 11 heteroatoms. The number of aromatic hydroxyl groups is 1. The molecular formula is C32H42N8O3. The Hall–Kier alpha value is -4.41. The van der Waals surface area contributed by atoms with Crippen molar-refractivity contribution in [1.29, 1.82) is 0 Å². The van der Waals surface area contributed by atoms with E-state index in [0.29, 0.717) is 35.5 Å². The molecule has 2 fully saturated rings. The summed E-state index contributed by atoms with van der Waals surface area (Å²) in [7, 11) is 0. The van der Waals surface area contributed by atoms with Crippen molar-refractivity contribution in [2.45, 2.75) is 71.1 Å². The molecule has 2 amide bonds. The predicted molar refractivity (Wildman–Crippen MR) is 171 cm³/mol. The summed E-state index contributed by atoms with van der Waals surface area (Å²) in [5, 5.41) is 19.3. The first-order valence-electron chi connectivity index (χ1n) is 15.6. The summed E-state index contributed by atoms with van der Waals surface area (Å²) in [4.78, 5) is 43.8. The zero-order valence-electron chi connectivity index (χ0n) is 24.9. The van der Waals surface area contributed by atoms with Crippen LogP contribution in [0.2, 0.25) is 0 Å². The topological polar surface area (TPSA) is 136 Å². The Morgan fingerprint density at radius 2 is 1.37 bits per heavy atom. The number of benzene rings is 2. The van der Waals surface area contributed by atoms with Crippen LogP contribution in [0.25, 0.3) is 0 Å². The molecule has 4 N–H and O–H groups in total. The molecular weight excluding hydrogens is 544 g/mol. The van der Waals surface area contributed by atoms with Gasteiger partial charge < -0.3 is 30.9 Å². The SMILES string of the molecule is CCCCCC(=O)Nc1ccc(NC(=O)c2ccc(Nc3nc(N4CCCCC4)nc(N4CCCCC4)n3)cc2)c(O)c1. The second-order valence-corrected chi connectivity index (χ2v) is 11.2. The van der Waals surface area contributed by atoms with Gasteiger partial charge in [0.1, 0.15) is 5.75 Å². The summed E-state index contributed by atoms with van der Waals surface area (Å²) in [5.74, 6) is 1.31. The van der Waals surface area contributed by atoms with Gasteiger partial charge in [-0.05, 0) is 81.3 Å². The molecule has 228 valence electrons. The summed E-state index contributed by atoms with van der Waals surface area (Å²) in [6.45, 7) is 5.86. The van der Waals surface area contributed by atoms with E-state index < -0.39 is 0 Å². The predicted octanol–water partition coefficient (Wildman–Crippen LogP) is 6.07. The van der Waals surface area contributed by atoms with Crippen molar-refractivity contribution in [2.24, 2.45) is 0 Å². The highest BCUT2D eigenvalue weighted by atomic mass is 16.3. The van der Waals surface area contributed by atoms with Crippen LogP contribution in [0, 0.1) is 0 Å². The van der Waals surface area contributed by atoms with Gasteiger partial charge in [0.05, 0.1) is 5.69 Å². The maximum atomic E-state index is 12.9. The van der Waals surface area contributed by atoms with Crippen molar-refractivity contribution >= 4 is 46.7 Å². The third-order valence-electron chi connectivity index (χ3n) is 7.83. The monoisotopic (exact) mass is 586 g/mol. The molecule has 0 spiro atoms. The van der Waals surface area contributed by atoms with Crippen LogP contribution in [0.3, 0.4) is 0 Å². The van der Waals surface area contributed by atoms with Crippen LogP contribution < -0.4 is 25.8 Å². The molecule has 5 rings (SSSR count). The molecule has 2 aliphatic heterocycles. The molecule has 1 aromatic heterocycles. The highest BCUT2D eigenvalue weighted by Gasteiger charge is 2.20. The summed E-state index contributed by atoms with van der Waals surface area (Å²) in [5.41, 5.74) is 1.92. The van der Waals surface area contributed by atoms with Crippen molar-refractivity contribution in [1.82, 2.24) is 15.0 Å². The first kappa shape index (κ1) is 30.1. The van der Waals surface area contributed by atoms with Crippen molar-refractivity contribution in [3.05, 3.63) is 48.0 Å². The number of anilines is 6. The van der Waals surface area contributed by atoms with Gasteiger partial charge in [-0.1, -0.05) is 19.8 Å². The van der Waals surface area contributed by atoms with Crippen molar-refractivity contribution < 1.29 is 14.7 Å². The second-order valence-electron chi connectivity index (χ2n) is 11.2. The summed E-state index contributed by atoms with van der Waals surface area (Å²) >= 11 is 0. The lowest BCUT2D eigenvalue weighted by atomic mass is 10.1. The van der Waals surface area contributed by atoms with E-state index in [1.807, 2.05) is 0 Å². The van der Waals surface area contributed by atoms with Crippen LogP contribution in [0.5, 0.6) is 5.75 Å². The number of carbonyl (C=O) groups excluding carboxylic acids is 2. The molecule has 0 bridgehead atoms. The highest BCUT2D eigenvalue weighted by Crippen LogP contribution is 2.28. The fourth-order valence-corrected chi connectivity index (χ4v) is 5.38. The van der Waals surface area contributed by atoms with E-state index in [2.05, 4.69) is 32.7 Å². The maximum absolute atomic E-state index is 12.9. The van der Waals surface area contributed by atoms with Crippen LogP contribution >= 0.6 is 0 Å². The highest BCUT2D eigenvalue weighted by molar-refractivity contribution is 6.05. The van der Waals surface area contributed by atoms with Crippen LogP contribution in [0.1, 0.15) is 81.5 Å². The van der Waals surface area contributed by atoms with Crippen LogP contribution in [-0.4, -0.2) is 58.1 Å². The lowest BCUT2D eigenvalue weighted by molar-refractivity contribution is -0.116. The van der Waals surface area contributed by atoms with Gasteiger partial charge in [-0.15, -0.1) is 0 Å². The van der Waals surface area contributed by atoms with E-state index in [-0.39, 0.29) is 23.3 Å². The Morgan fingerprint density at radius 1 is 0.767 bits per heavy atom. The van der Waals surface area contributed by atoms with Gasteiger partial charge >= 0.3 is 0 Å². The van der Waals surface area contributed by atoms with Crippen molar-refractivity contribution in [3.8, 4) is 5.75 Å². The number of piperidine rings is 2. The first-order chi connectivity index (χ1) is 21.0. The molecule has 2 aliphatic rings. The van der Waals surface area contributed by atoms with Gasteiger partial charge in [-0.3, -0.25) is 9.59 Å². The Labute approximate surface area is 253 Å². The number of hydrogen-bond acceptors (Lipinski definition) is 9. The lowest BCUT2D eigenvalue weighted by Gasteiger charge is -2.30. The molecule has 0 unspecified atom stereocenters. The standard InChI is InChI=1S/C32H42N8O3/c1-2-3-6-11-28(42)33-25-16-17-26(27(41)22-25)35-29(43)23-12-14-24(15-13-23)34-30-36-31(39-18-7-4-8-19-39)38-32(37-30)40-20-9-5-10-21-40/h12-17,22,41H,2-11,18-21H2,1H3,(H,33,42)(H,35,43)(H,34,36,37,38). The minimum absolute atomic E-state index is 0.0964. The van der Waals surface area contributed by atoms with Crippen molar-refractivity contribution in [3.63, 3.8) is 0 Å². The maximum Gasteiger partial charge on any atom is 0.255 e. The number of aromatic nitrogens is 3. The van der Waals surface area contributed by atoms with Crippen molar-refractivity contribution in [2.75, 3.05) is 51.9 Å². The fourth-order valence-electron chi connectivity index (χ4n) is 5.38. The molecule has 3 heterocycles. The largest absolute Gasteiger partial charge is 0.506 e. The van der Waals surface area contributed by atoms with E-state index in [0.717, 1.165) is 76.8 Å². The molecule has 0 saturated carbocycles. The minimum atomic E-state index is -0.363. The van der Waals surface area contributed by atoms with Gasteiger partial charge in [0.2, 0.25) is 23.8 Å². The van der Waals surface area contributed by atoms with E-state index in [1.165, 1.54) is 18.9 Å². The molecule has 3 aromatic rings. The average Bonchev–Trinajstić information content (AvgIpc) is 3.03. The fraction of sp³-hybridized carbons (Fsp3) is 0.469. The molecule has 2 aromatic carbocycles. The lowest BCUT2D eigenvalue weighted by Crippen LogP contribution is -2.34. The smallest absolute Gasteiger partial charge is 0.255 e. The van der Waals surface area contributed by atoms with Crippen LogP contribution in [-0.2, 0) is 4.79 Å². The minimum Gasteiger partial charge on any atom is -0.506 e. The number of phenolic OH excluding ortho intramolecular Hbond substituents is 1. The second kappa shape index (κ2) is 14.7. The summed E-state index contributed by atoms with van der Waals surface area (Å²) in [6, 6.07) is 11.7. The molecule has 0 aliphatic carbocycles. The van der Waals surface area contributed by atoms with Crippen LogP contribution in [0.15, 0.2) is 42.5 Å². The average molecular weight is 587 g/mol. The number of phenols is 1. The third-order valence-corrected chi connectivity index (χ3v) is 7.83. The third kappa shape index (κ3) is 8.33. The van der Waals surface area contributed by atoms with E-state index in [1.54, 1.807) is 36.4 Å². The van der Waals surface area contributed by atoms with E-state index in [9.17, 15) is 14.7 Å².